The highest BCUT2D eigenvalue weighted by Crippen LogP contribution is 2.28. The number of H-pyrrole nitrogens is 1. The van der Waals surface area contributed by atoms with Gasteiger partial charge in [0.15, 0.2) is 0 Å². The Morgan fingerprint density at radius 2 is 2.05 bits per heavy atom. The fourth-order valence-corrected chi connectivity index (χ4v) is 1.97. The summed E-state index contributed by atoms with van der Waals surface area (Å²) in [6, 6.07) is 9.57. The third-order valence-corrected chi connectivity index (χ3v) is 3.34. The maximum atomic E-state index is 12.0. The Balaban J connectivity index is 1.71. The van der Waals surface area contributed by atoms with E-state index in [1.807, 2.05) is 37.3 Å². The van der Waals surface area contributed by atoms with Gasteiger partial charge in [-0.15, -0.1) is 0 Å². The Hall–Kier alpha value is -2.14. The predicted octanol–water partition coefficient (Wildman–Crippen LogP) is 2.05. The van der Waals surface area contributed by atoms with Crippen LogP contribution < -0.4 is 5.32 Å². The molecule has 1 aliphatic rings. The van der Waals surface area contributed by atoms with E-state index in [9.17, 15) is 4.79 Å². The molecule has 1 fully saturated rings. The van der Waals surface area contributed by atoms with Crippen LogP contribution in [0, 0.1) is 5.41 Å². The van der Waals surface area contributed by atoms with E-state index in [1.165, 1.54) is 0 Å². The van der Waals surface area contributed by atoms with Crippen LogP contribution in [0.3, 0.4) is 0 Å². The van der Waals surface area contributed by atoms with Gasteiger partial charge >= 0.3 is 0 Å². The summed E-state index contributed by atoms with van der Waals surface area (Å²) in [4.78, 5) is 12.0. The molecule has 1 amide bonds. The molecule has 2 heterocycles. The molecule has 2 aromatic rings. The molecule has 5 heteroatoms. The largest absolute Gasteiger partial charge is 0.379 e. The summed E-state index contributed by atoms with van der Waals surface area (Å²) in [6.45, 7) is 2.89. The number of carbonyl (C=O) groups excluding carboxylic acids is 1. The van der Waals surface area contributed by atoms with Crippen LogP contribution in [0.2, 0.25) is 0 Å². The first-order valence-electron chi connectivity index (χ1n) is 6.16. The van der Waals surface area contributed by atoms with Gasteiger partial charge in [-0.2, -0.15) is 5.10 Å². The van der Waals surface area contributed by atoms with Crippen molar-refractivity contribution in [2.24, 2.45) is 5.41 Å². The number of benzene rings is 1. The van der Waals surface area contributed by atoms with Gasteiger partial charge in [0.05, 0.1) is 24.3 Å². The van der Waals surface area contributed by atoms with E-state index >= 15 is 0 Å². The molecule has 19 heavy (non-hydrogen) atoms. The van der Waals surface area contributed by atoms with Crippen LogP contribution in [-0.4, -0.2) is 29.3 Å². The standard InChI is InChI=1S/C14H15N3O2/c1-14(8-19-9-14)13(18)16-11-4-2-10(3-5-11)12-6-7-15-17-12/h2-7H,8-9H2,1H3,(H,15,17)(H,16,18). The number of amides is 1. The molecule has 1 aliphatic heterocycles. The van der Waals surface area contributed by atoms with Gasteiger partial charge in [-0.25, -0.2) is 0 Å². The summed E-state index contributed by atoms with van der Waals surface area (Å²) in [5, 5.41) is 9.73. The van der Waals surface area contributed by atoms with E-state index in [1.54, 1.807) is 6.20 Å². The van der Waals surface area contributed by atoms with Gasteiger partial charge < -0.3 is 10.1 Å². The highest BCUT2D eigenvalue weighted by Gasteiger charge is 2.40. The lowest BCUT2D eigenvalue weighted by Gasteiger charge is -2.36. The average molecular weight is 257 g/mol. The number of aromatic nitrogens is 2. The maximum absolute atomic E-state index is 12.0. The molecule has 0 atom stereocenters. The monoisotopic (exact) mass is 257 g/mol. The van der Waals surface area contributed by atoms with Crippen molar-refractivity contribution in [2.75, 3.05) is 18.5 Å². The first-order chi connectivity index (χ1) is 9.17. The van der Waals surface area contributed by atoms with Crippen LogP contribution in [0.5, 0.6) is 0 Å². The van der Waals surface area contributed by atoms with Crippen molar-refractivity contribution in [3.8, 4) is 11.3 Å². The fraction of sp³-hybridized carbons (Fsp3) is 0.286. The van der Waals surface area contributed by atoms with E-state index in [2.05, 4.69) is 15.5 Å². The highest BCUT2D eigenvalue weighted by atomic mass is 16.5. The topological polar surface area (TPSA) is 67.0 Å². The lowest BCUT2D eigenvalue weighted by atomic mass is 9.87. The van der Waals surface area contributed by atoms with Crippen molar-refractivity contribution in [1.29, 1.82) is 0 Å². The summed E-state index contributed by atoms with van der Waals surface area (Å²) in [5.41, 5.74) is 2.40. The smallest absolute Gasteiger partial charge is 0.234 e. The summed E-state index contributed by atoms with van der Waals surface area (Å²) in [7, 11) is 0. The van der Waals surface area contributed by atoms with E-state index in [0.29, 0.717) is 13.2 Å². The molecule has 1 aromatic heterocycles. The molecule has 0 aliphatic carbocycles. The van der Waals surface area contributed by atoms with E-state index in [4.69, 9.17) is 4.74 Å². The predicted molar refractivity (Wildman–Crippen MR) is 71.6 cm³/mol. The molecular formula is C14H15N3O2. The molecule has 1 saturated heterocycles. The van der Waals surface area contributed by atoms with Gasteiger partial charge in [-0.1, -0.05) is 12.1 Å². The molecule has 0 saturated carbocycles. The zero-order valence-corrected chi connectivity index (χ0v) is 10.6. The molecule has 3 rings (SSSR count). The Morgan fingerprint density at radius 3 is 2.58 bits per heavy atom. The quantitative estimate of drug-likeness (QED) is 0.884. The van der Waals surface area contributed by atoms with E-state index < -0.39 is 0 Å². The minimum Gasteiger partial charge on any atom is -0.379 e. The van der Waals surface area contributed by atoms with Crippen LogP contribution in [0.1, 0.15) is 6.92 Å². The zero-order valence-electron chi connectivity index (χ0n) is 10.6. The average Bonchev–Trinajstić information content (AvgIpc) is 2.90. The Morgan fingerprint density at radius 1 is 1.32 bits per heavy atom. The second kappa shape index (κ2) is 4.51. The number of carbonyl (C=O) groups is 1. The lowest BCUT2D eigenvalue weighted by molar-refractivity contribution is -0.151. The van der Waals surface area contributed by atoms with Gasteiger partial charge in [-0.3, -0.25) is 9.89 Å². The number of nitrogens with one attached hydrogen (secondary N) is 2. The van der Waals surface area contributed by atoms with Gasteiger partial charge in [0.2, 0.25) is 5.91 Å². The Labute approximate surface area is 111 Å². The third kappa shape index (κ3) is 2.24. The summed E-state index contributed by atoms with van der Waals surface area (Å²) < 4.78 is 5.09. The van der Waals surface area contributed by atoms with Crippen molar-refractivity contribution >= 4 is 11.6 Å². The molecular weight excluding hydrogens is 242 g/mol. The zero-order chi connectivity index (χ0) is 13.3. The van der Waals surface area contributed by atoms with Gasteiger partial charge in [0, 0.05) is 11.9 Å². The maximum Gasteiger partial charge on any atom is 0.234 e. The van der Waals surface area contributed by atoms with Crippen LogP contribution >= 0.6 is 0 Å². The molecule has 1 aromatic carbocycles. The summed E-state index contributed by atoms with van der Waals surface area (Å²) >= 11 is 0. The molecule has 0 radical (unpaired) electrons. The third-order valence-electron chi connectivity index (χ3n) is 3.34. The summed E-state index contributed by atoms with van der Waals surface area (Å²) in [6.07, 6.45) is 1.71. The van der Waals surface area contributed by atoms with Crippen LogP contribution in [0.25, 0.3) is 11.3 Å². The number of rotatable bonds is 3. The first kappa shape index (κ1) is 11.9. The van der Waals surface area contributed by atoms with E-state index in [-0.39, 0.29) is 11.3 Å². The number of hydrogen-bond donors (Lipinski definition) is 2. The highest BCUT2D eigenvalue weighted by molar-refractivity contribution is 5.96. The van der Waals surface area contributed by atoms with Gasteiger partial charge in [0.25, 0.3) is 0 Å². The van der Waals surface area contributed by atoms with Crippen molar-refractivity contribution in [3.63, 3.8) is 0 Å². The lowest BCUT2D eigenvalue weighted by Crippen LogP contribution is -2.49. The van der Waals surface area contributed by atoms with E-state index in [0.717, 1.165) is 16.9 Å². The van der Waals surface area contributed by atoms with Crippen molar-refractivity contribution < 1.29 is 9.53 Å². The number of ether oxygens (including phenoxy) is 1. The minimum atomic E-state index is -0.387. The SMILES string of the molecule is CC1(C(=O)Nc2ccc(-c3ccn[nH]3)cc2)COC1. The van der Waals surface area contributed by atoms with Crippen LogP contribution in [0.15, 0.2) is 36.5 Å². The normalized spacial score (nSPS) is 16.7. The van der Waals surface area contributed by atoms with Crippen molar-refractivity contribution in [1.82, 2.24) is 10.2 Å². The molecule has 0 spiro atoms. The number of aromatic amines is 1. The van der Waals surface area contributed by atoms with Crippen molar-refractivity contribution in [2.45, 2.75) is 6.92 Å². The second-order valence-corrected chi connectivity index (χ2v) is 5.06. The molecule has 0 bridgehead atoms. The van der Waals surface area contributed by atoms with Crippen molar-refractivity contribution in [3.05, 3.63) is 36.5 Å². The first-order valence-corrected chi connectivity index (χ1v) is 6.16. The van der Waals surface area contributed by atoms with Gasteiger partial charge in [0.1, 0.15) is 0 Å². The molecule has 98 valence electrons. The Kier molecular flexibility index (Phi) is 2.83. The number of nitrogens with zero attached hydrogens (tertiary/aromatic N) is 1. The number of anilines is 1. The number of hydrogen-bond acceptors (Lipinski definition) is 3. The minimum absolute atomic E-state index is 0.00744. The van der Waals surface area contributed by atoms with Crippen LogP contribution in [-0.2, 0) is 9.53 Å². The Bertz CT molecular complexity index is 571. The van der Waals surface area contributed by atoms with Crippen LogP contribution in [0.4, 0.5) is 5.69 Å². The molecule has 2 N–H and O–H groups in total. The summed E-state index contributed by atoms with van der Waals surface area (Å²) in [5.74, 6) is 0.00744. The fourth-order valence-electron chi connectivity index (χ4n) is 1.97. The van der Waals surface area contributed by atoms with Gasteiger partial charge in [-0.05, 0) is 30.7 Å². The second-order valence-electron chi connectivity index (χ2n) is 5.06. The molecule has 0 unspecified atom stereocenters. The molecule has 5 nitrogen and oxygen atoms in total.